The number of methoxy groups -OCH3 is 3. The zero-order valence-corrected chi connectivity index (χ0v) is 18.4. The van der Waals surface area contributed by atoms with E-state index >= 15 is 0 Å². The lowest BCUT2D eigenvalue weighted by atomic mass is 10.1. The Morgan fingerprint density at radius 1 is 1.03 bits per heavy atom. The number of ether oxygens (including phenoxy) is 3. The van der Waals surface area contributed by atoms with Gasteiger partial charge >= 0.3 is 0 Å². The minimum Gasteiger partial charge on any atom is -0.493 e. The monoisotopic (exact) mass is 438 g/mol. The molecule has 1 heterocycles. The molecule has 0 radical (unpaired) electrons. The Bertz CT molecular complexity index is 1040. The topological polar surface area (TPSA) is 104 Å². The molecule has 2 amide bonds. The Morgan fingerprint density at radius 3 is 2.22 bits per heavy atom. The van der Waals surface area contributed by atoms with E-state index in [1.54, 1.807) is 12.5 Å². The summed E-state index contributed by atoms with van der Waals surface area (Å²) in [6.45, 7) is 1.71. The average Bonchev–Trinajstić information content (AvgIpc) is 3.36. The van der Waals surface area contributed by atoms with Gasteiger partial charge in [-0.1, -0.05) is 12.1 Å². The van der Waals surface area contributed by atoms with Crippen LogP contribution < -0.4 is 24.8 Å². The number of amides is 2. The molecule has 2 N–H and O–H groups in total. The van der Waals surface area contributed by atoms with E-state index in [-0.39, 0.29) is 24.1 Å². The number of hydrogen-bond acceptors (Lipinski definition) is 6. The number of carbonyl (C=O) groups is 2. The van der Waals surface area contributed by atoms with Gasteiger partial charge in [-0.2, -0.15) is 0 Å². The summed E-state index contributed by atoms with van der Waals surface area (Å²) >= 11 is 0. The highest BCUT2D eigenvalue weighted by Gasteiger charge is 2.18. The smallest absolute Gasteiger partial charge is 0.251 e. The third-order valence-electron chi connectivity index (χ3n) is 4.91. The molecule has 0 aliphatic rings. The van der Waals surface area contributed by atoms with Crippen molar-refractivity contribution in [3.8, 4) is 22.9 Å². The molecule has 0 saturated carbocycles. The summed E-state index contributed by atoms with van der Waals surface area (Å²) in [5.74, 6) is 0.356. The second-order valence-electron chi connectivity index (χ2n) is 6.95. The maximum Gasteiger partial charge on any atom is 0.251 e. The van der Waals surface area contributed by atoms with Crippen LogP contribution in [-0.2, 0) is 4.79 Å². The van der Waals surface area contributed by atoms with Crippen LogP contribution in [0.1, 0.15) is 28.9 Å². The molecular formula is C23H26N4O5. The van der Waals surface area contributed by atoms with Crippen LogP contribution in [0.5, 0.6) is 17.2 Å². The van der Waals surface area contributed by atoms with Crippen molar-refractivity contribution in [3.63, 3.8) is 0 Å². The zero-order valence-electron chi connectivity index (χ0n) is 18.4. The summed E-state index contributed by atoms with van der Waals surface area (Å²) < 4.78 is 17.7. The van der Waals surface area contributed by atoms with Crippen molar-refractivity contribution in [2.45, 2.75) is 13.0 Å². The number of hydrogen-bond donors (Lipinski definition) is 2. The van der Waals surface area contributed by atoms with Gasteiger partial charge in [0.1, 0.15) is 0 Å². The van der Waals surface area contributed by atoms with Gasteiger partial charge in [0.25, 0.3) is 5.91 Å². The van der Waals surface area contributed by atoms with Crippen LogP contribution in [0.15, 0.2) is 55.1 Å². The largest absolute Gasteiger partial charge is 0.493 e. The van der Waals surface area contributed by atoms with Gasteiger partial charge in [0, 0.05) is 23.6 Å². The summed E-state index contributed by atoms with van der Waals surface area (Å²) in [7, 11) is 4.42. The number of nitrogens with zero attached hydrogens (tertiary/aromatic N) is 2. The first-order valence-electron chi connectivity index (χ1n) is 9.92. The predicted octanol–water partition coefficient (Wildman–Crippen LogP) is 2.51. The minimum atomic E-state index is -0.434. The molecule has 9 heteroatoms. The third kappa shape index (κ3) is 5.18. The number of imidazole rings is 1. The molecule has 0 saturated heterocycles. The number of nitrogens with one attached hydrogen (secondary N) is 2. The summed E-state index contributed by atoms with van der Waals surface area (Å²) in [5, 5.41) is 5.49. The Kier molecular flexibility index (Phi) is 7.33. The summed E-state index contributed by atoms with van der Waals surface area (Å²) in [6, 6.07) is 10.6. The number of carbonyl (C=O) groups excluding carboxylic acids is 2. The SMILES string of the molecule is COc1cc(C(=O)NCC(=O)N[C@H](C)c2ccc(-n3ccnc3)cc2)cc(OC)c1OC. The van der Waals surface area contributed by atoms with Crippen LogP contribution in [0.3, 0.4) is 0 Å². The highest BCUT2D eigenvalue weighted by molar-refractivity contribution is 5.97. The molecule has 3 aromatic rings. The average molecular weight is 438 g/mol. The Labute approximate surface area is 186 Å². The van der Waals surface area contributed by atoms with Crippen LogP contribution >= 0.6 is 0 Å². The molecule has 0 aliphatic carbocycles. The quantitative estimate of drug-likeness (QED) is 0.532. The molecule has 1 aromatic heterocycles. The highest BCUT2D eigenvalue weighted by Crippen LogP contribution is 2.38. The van der Waals surface area contributed by atoms with Crippen molar-refractivity contribution >= 4 is 11.8 Å². The molecule has 3 rings (SSSR count). The van der Waals surface area contributed by atoms with Crippen molar-refractivity contribution in [1.82, 2.24) is 20.2 Å². The van der Waals surface area contributed by atoms with E-state index in [1.165, 1.54) is 33.5 Å². The summed E-state index contributed by atoms with van der Waals surface area (Å²) in [6.07, 6.45) is 5.29. The Morgan fingerprint density at radius 2 is 1.69 bits per heavy atom. The second kappa shape index (κ2) is 10.3. The van der Waals surface area contributed by atoms with Crippen LogP contribution in [-0.4, -0.2) is 49.2 Å². The van der Waals surface area contributed by atoms with E-state index < -0.39 is 5.91 Å². The minimum absolute atomic E-state index is 0.174. The molecule has 0 spiro atoms. The van der Waals surface area contributed by atoms with E-state index in [0.717, 1.165) is 11.3 Å². The van der Waals surface area contributed by atoms with Crippen LogP contribution in [0, 0.1) is 0 Å². The first-order chi connectivity index (χ1) is 15.5. The highest BCUT2D eigenvalue weighted by atomic mass is 16.5. The fourth-order valence-corrected chi connectivity index (χ4v) is 3.20. The molecule has 2 aromatic carbocycles. The molecular weight excluding hydrogens is 412 g/mol. The first kappa shape index (κ1) is 22.7. The maximum absolute atomic E-state index is 12.5. The van der Waals surface area contributed by atoms with E-state index in [1.807, 2.05) is 42.0 Å². The Hall–Kier alpha value is -4.01. The standard InChI is InChI=1S/C23H26N4O5/c1-15(16-5-7-18(8-6-16)27-10-9-24-14-27)26-21(28)13-25-23(29)17-11-19(30-2)22(32-4)20(12-17)31-3/h5-12,14-15H,13H2,1-4H3,(H,25,29)(H,26,28)/t15-/m1/s1. The number of benzene rings is 2. The van der Waals surface area contributed by atoms with Crippen molar-refractivity contribution < 1.29 is 23.8 Å². The lowest BCUT2D eigenvalue weighted by Crippen LogP contribution is -2.38. The fourth-order valence-electron chi connectivity index (χ4n) is 3.20. The van der Waals surface area contributed by atoms with Gasteiger partial charge in [-0.25, -0.2) is 4.98 Å². The van der Waals surface area contributed by atoms with Gasteiger partial charge < -0.3 is 29.4 Å². The van der Waals surface area contributed by atoms with E-state index in [4.69, 9.17) is 14.2 Å². The molecule has 168 valence electrons. The van der Waals surface area contributed by atoms with Crippen molar-refractivity contribution in [3.05, 3.63) is 66.2 Å². The van der Waals surface area contributed by atoms with Crippen LogP contribution in [0.2, 0.25) is 0 Å². The van der Waals surface area contributed by atoms with Crippen molar-refractivity contribution in [1.29, 1.82) is 0 Å². The van der Waals surface area contributed by atoms with E-state index in [2.05, 4.69) is 15.6 Å². The maximum atomic E-state index is 12.5. The molecule has 1 atom stereocenters. The van der Waals surface area contributed by atoms with Gasteiger partial charge in [-0.15, -0.1) is 0 Å². The molecule has 32 heavy (non-hydrogen) atoms. The van der Waals surface area contributed by atoms with Crippen LogP contribution in [0.4, 0.5) is 0 Å². The van der Waals surface area contributed by atoms with Gasteiger partial charge in [0.15, 0.2) is 11.5 Å². The number of aromatic nitrogens is 2. The van der Waals surface area contributed by atoms with Gasteiger partial charge in [0.05, 0.1) is 40.2 Å². The Balaban J connectivity index is 1.58. The summed E-state index contributed by atoms with van der Waals surface area (Å²) in [4.78, 5) is 28.9. The zero-order chi connectivity index (χ0) is 23.1. The van der Waals surface area contributed by atoms with E-state index in [9.17, 15) is 9.59 Å². The molecule has 0 fully saturated rings. The molecule has 0 bridgehead atoms. The number of rotatable bonds is 9. The molecule has 9 nitrogen and oxygen atoms in total. The second-order valence-corrected chi connectivity index (χ2v) is 6.95. The lowest BCUT2D eigenvalue weighted by molar-refractivity contribution is -0.120. The molecule has 0 aliphatic heterocycles. The van der Waals surface area contributed by atoms with Gasteiger partial charge in [-0.3, -0.25) is 9.59 Å². The van der Waals surface area contributed by atoms with Crippen LogP contribution in [0.25, 0.3) is 5.69 Å². The molecule has 0 unspecified atom stereocenters. The summed E-state index contributed by atoms with van der Waals surface area (Å²) in [5.41, 5.74) is 2.20. The van der Waals surface area contributed by atoms with Gasteiger partial charge in [0.2, 0.25) is 11.7 Å². The lowest BCUT2D eigenvalue weighted by Gasteiger charge is -2.16. The van der Waals surface area contributed by atoms with Crippen molar-refractivity contribution in [2.75, 3.05) is 27.9 Å². The normalized spacial score (nSPS) is 11.4. The fraction of sp³-hybridized carbons (Fsp3) is 0.261. The predicted molar refractivity (Wildman–Crippen MR) is 119 cm³/mol. The van der Waals surface area contributed by atoms with Crippen molar-refractivity contribution in [2.24, 2.45) is 0 Å². The van der Waals surface area contributed by atoms with E-state index in [0.29, 0.717) is 17.2 Å². The van der Waals surface area contributed by atoms with Gasteiger partial charge in [-0.05, 0) is 36.8 Å². The first-order valence-corrected chi connectivity index (χ1v) is 9.92. The third-order valence-corrected chi connectivity index (χ3v) is 4.91.